The SMILES string of the molecule is CC1(C(=O)O)CCCN(C(=O)CC2Oc3ccccc3NC2=O)C1. The molecule has 2 atom stereocenters. The fourth-order valence-electron chi connectivity index (χ4n) is 3.14. The van der Waals surface area contributed by atoms with Gasteiger partial charge in [0.05, 0.1) is 17.5 Å². The van der Waals surface area contributed by atoms with Crippen LogP contribution in [0.5, 0.6) is 5.75 Å². The molecule has 0 bridgehead atoms. The number of likely N-dealkylation sites (tertiary alicyclic amines) is 1. The second-order valence-electron chi connectivity index (χ2n) is 6.58. The molecule has 1 saturated heterocycles. The van der Waals surface area contributed by atoms with Gasteiger partial charge < -0.3 is 20.1 Å². The Morgan fingerprint density at radius 2 is 2.17 bits per heavy atom. The number of hydrogen-bond donors (Lipinski definition) is 2. The summed E-state index contributed by atoms with van der Waals surface area (Å²) in [6, 6.07) is 7.04. The first kappa shape index (κ1) is 16.3. The van der Waals surface area contributed by atoms with Crippen molar-refractivity contribution in [2.24, 2.45) is 5.41 Å². The van der Waals surface area contributed by atoms with Gasteiger partial charge in [0.25, 0.3) is 5.91 Å². The summed E-state index contributed by atoms with van der Waals surface area (Å²) >= 11 is 0. The lowest BCUT2D eigenvalue weighted by atomic mass is 9.82. The van der Waals surface area contributed by atoms with Crippen LogP contribution in [0.4, 0.5) is 5.69 Å². The average molecular weight is 332 g/mol. The fraction of sp³-hybridized carbons (Fsp3) is 0.471. The number of rotatable bonds is 3. The van der Waals surface area contributed by atoms with Gasteiger partial charge in [-0.15, -0.1) is 0 Å². The molecule has 0 spiro atoms. The van der Waals surface area contributed by atoms with E-state index in [1.165, 1.54) is 4.90 Å². The van der Waals surface area contributed by atoms with Gasteiger partial charge in [-0.1, -0.05) is 12.1 Å². The third-order valence-corrected chi connectivity index (χ3v) is 4.63. The summed E-state index contributed by atoms with van der Waals surface area (Å²) in [4.78, 5) is 37.5. The normalized spacial score (nSPS) is 26.1. The largest absolute Gasteiger partial charge is 0.481 e. The number of aliphatic carboxylic acids is 1. The van der Waals surface area contributed by atoms with Crippen molar-refractivity contribution in [3.05, 3.63) is 24.3 Å². The lowest BCUT2D eigenvalue weighted by Gasteiger charge is -2.38. The Hall–Kier alpha value is -2.57. The minimum absolute atomic E-state index is 0.101. The molecule has 2 amide bonds. The van der Waals surface area contributed by atoms with Crippen LogP contribution >= 0.6 is 0 Å². The van der Waals surface area contributed by atoms with E-state index in [1.54, 1.807) is 31.2 Å². The van der Waals surface area contributed by atoms with Gasteiger partial charge in [0, 0.05) is 13.1 Å². The van der Waals surface area contributed by atoms with Crippen LogP contribution in [0.2, 0.25) is 0 Å². The number of hydrogen-bond acceptors (Lipinski definition) is 4. The number of carboxylic acid groups (broad SMARTS) is 1. The Morgan fingerprint density at radius 1 is 1.42 bits per heavy atom. The highest BCUT2D eigenvalue weighted by Crippen LogP contribution is 2.32. The van der Waals surface area contributed by atoms with Crippen molar-refractivity contribution < 1.29 is 24.2 Å². The minimum atomic E-state index is -0.934. The molecule has 0 saturated carbocycles. The van der Waals surface area contributed by atoms with Crippen LogP contribution in [0.3, 0.4) is 0 Å². The summed E-state index contributed by atoms with van der Waals surface area (Å²) in [5.41, 5.74) is -0.349. The molecular formula is C17H20N2O5. The molecule has 1 aromatic rings. The van der Waals surface area contributed by atoms with E-state index in [0.717, 1.165) is 0 Å². The van der Waals surface area contributed by atoms with Crippen LogP contribution in [0.25, 0.3) is 0 Å². The van der Waals surface area contributed by atoms with E-state index in [-0.39, 0.29) is 24.8 Å². The van der Waals surface area contributed by atoms with Gasteiger partial charge in [0.1, 0.15) is 5.75 Å². The van der Waals surface area contributed by atoms with Crippen molar-refractivity contribution in [1.29, 1.82) is 0 Å². The Morgan fingerprint density at radius 3 is 2.92 bits per heavy atom. The van der Waals surface area contributed by atoms with E-state index >= 15 is 0 Å². The number of nitrogens with zero attached hydrogens (tertiary/aromatic N) is 1. The molecule has 2 unspecified atom stereocenters. The van der Waals surface area contributed by atoms with E-state index in [2.05, 4.69) is 5.32 Å². The lowest BCUT2D eigenvalue weighted by molar-refractivity contribution is -0.154. The number of amides is 2. The predicted molar refractivity (Wildman–Crippen MR) is 85.7 cm³/mol. The molecule has 2 N–H and O–H groups in total. The quantitative estimate of drug-likeness (QED) is 0.874. The number of nitrogens with one attached hydrogen (secondary N) is 1. The zero-order valence-electron chi connectivity index (χ0n) is 13.4. The van der Waals surface area contributed by atoms with Gasteiger partial charge in [-0.3, -0.25) is 14.4 Å². The molecule has 1 fully saturated rings. The molecular weight excluding hydrogens is 312 g/mol. The molecule has 7 nitrogen and oxygen atoms in total. The lowest BCUT2D eigenvalue weighted by Crippen LogP contribution is -2.50. The van der Waals surface area contributed by atoms with Gasteiger partial charge in [-0.25, -0.2) is 0 Å². The van der Waals surface area contributed by atoms with Crippen LogP contribution < -0.4 is 10.1 Å². The molecule has 7 heteroatoms. The molecule has 24 heavy (non-hydrogen) atoms. The smallest absolute Gasteiger partial charge is 0.311 e. The number of benzene rings is 1. The van der Waals surface area contributed by atoms with Crippen molar-refractivity contribution in [2.75, 3.05) is 18.4 Å². The zero-order chi connectivity index (χ0) is 17.3. The van der Waals surface area contributed by atoms with Crippen molar-refractivity contribution >= 4 is 23.5 Å². The minimum Gasteiger partial charge on any atom is -0.481 e. The van der Waals surface area contributed by atoms with Crippen molar-refractivity contribution in [2.45, 2.75) is 32.3 Å². The van der Waals surface area contributed by atoms with Gasteiger partial charge in [0.2, 0.25) is 5.91 Å². The molecule has 128 valence electrons. The molecule has 1 aromatic carbocycles. The van der Waals surface area contributed by atoms with E-state index < -0.39 is 17.5 Å². The summed E-state index contributed by atoms with van der Waals surface area (Å²) < 4.78 is 5.63. The summed E-state index contributed by atoms with van der Waals surface area (Å²) in [6.45, 7) is 2.31. The maximum absolute atomic E-state index is 12.5. The van der Waals surface area contributed by atoms with Crippen LogP contribution in [0.15, 0.2) is 24.3 Å². The Balaban J connectivity index is 1.67. The fourth-order valence-corrected chi connectivity index (χ4v) is 3.14. The summed E-state index contributed by atoms with van der Waals surface area (Å²) in [7, 11) is 0. The molecule has 2 heterocycles. The van der Waals surface area contributed by atoms with Crippen LogP contribution in [-0.4, -0.2) is 47.0 Å². The van der Waals surface area contributed by atoms with Gasteiger partial charge in [-0.2, -0.15) is 0 Å². The topological polar surface area (TPSA) is 95.9 Å². The van der Waals surface area contributed by atoms with E-state index in [4.69, 9.17) is 4.74 Å². The molecule has 3 rings (SSSR count). The van der Waals surface area contributed by atoms with Crippen molar-refractivity contribution in [3.63, 3.8) is 0 Å². The number of anilines is 1. The number of ether oxygens (including phenoxy) is 1. The third-order valence-electron chi connectivity index (χ3n) is 4.63. The highest BCUT2D eigenvalue weighted by atomic mass is 16.5. The number of carbonyl (C=O) groups excluding carboxylic acids is 2. The molecule has 2 aliphatic heterocycles. The average Bonchev–Trinajstić information content (AvgIpc) is 2.55. The third kappa shape index (κ3) is 3.06. The molecule has 0 aliphatic carbocycles. The van der Waals surface area contributed by atoms with Gasteiger partial charge >= 0.3 is 5.97 Å². The van der Waals surface area contributed by atoms with Gasteiger partial charge in [-0.05, 0) is 31.9 Å². The van der Waals surface area contributed by atoms with Crippen molar-refractivity contribution in [3.8, 4) is 5.75 Å². The number of carbonyl (C=O) groups is 3. The number of carboxylic acids is 1. The number of fused-ring (bicyclic) bond motifs is 1. The monoisotopic (exact) mass is 332 g/mol. The maximum atomic E-state index is 12.5. The van der Waals surface area contributed by atoms with E-state index in [9.17, 15) is 19.5 Å². The van der Waals surface area contributed by atoms with Gasteiger partial charge in [0.15, 0.2) is 6.10 Å². The Bertz CT molecular complexity index is 689. The first-order valence-electron chi connectivity index (χ1n) is 7.97. The second kappa shape index (κ2) is 6.14. The maximum Gasteiger partial charge on any atom is 0.311 e. The number of piperidine rings is 1. The molecule has 0 aromatic heterocycles. The van der Waals surface area contributed by atoms with Crippen LogP contribution in [-0.2, 0) is 14.4 Å². The molecule has 2 aliphatic rings. The first-order chi connectivity index (χ1) is 11.4. The summed E-state index contributed by atoms with van der Waals surface area (Å²) in [5, 5.41) is 12.1. The predicted octanol–water partition coefficient (Wildman–Crippen LogP) is 1.49. The van der Waals surface area contributed by atoms with Crippen LogP contribution in [0, 0.1) is 5.41 Å². The van der Waals surface area contributed by atoms with Crippen molar-refractivity contribution in [1.82, 2.24) is 4.90 Å². The van der Waals surface area contributed by atoms with E-state index in [0.29, 0.717) is 30.8 Å². The standard InChI is InChI=1S/C17H20N2O5/c1-17(16(22)23)7-4-8-19(10-17)14(20)9-13-15(21)18-11-5-2-3-6-12(11)24-13/h2-3,5-6,13H,4,7-10H2,1H3,(H,18,21)(H,22,23). The summed E-state index contributed by atoms with van der Waals surface area (Å²) in [5.74, 6) is -0.994. The zero-order valence-corrected chi connectivity index (χ0v) is 13.4. The van der Waals surface area contributed by atoms with E-state index in [1.807, 2.05) is 0 Å². The highest BCUT2D eigenvalue weighted by Gasteiger charge is 2.40. The Labute approximate surface area is 139 Å². The number of para-hydroxylation sites is 2. The van der Waals surface area contributed by atoms with Crippen LogP contribution in [0.1, 0.15) is 26.2 Å². The first-order valence-corrected chi connectivity index (χ1v) is 7.97. The highest BCUT2D eigenvalue weighted by molar-refractivity contribution is 6.00. The molecule has 0 radical (unpaired) electrons. The second-order valence-corrected chi connectivity index (χ2v) is 6.58. The summed E-state index contributed by atoms with van der Waals surface area (Å²) in [6.07, 6.45) is 0.177. The Kier molecular flexibility index (Phi) is 4.17.